The summed E-state index contributed by atoms with van der Waals surface area (Å²) < 4.78 is 0. The Kier molecular flexibility index (Phi) is 5.00. The fraction of sp³-hybridized carbons (Fsp3) is 0.133. The Morgan fingerprint density at radius 2 is 1.91 bits per heavy atom. The van der Waals surface area contributed by atoms with Crippen LogP contribution in [0, 0.1) is 0 Å². The molecule has 0 saturated heterocycles. The lowest BCUT2D eigenvalue weighted by Crippen LogP contribution is -1.97. The second-order valence-corrected chi connectivity index (χ2v) is 5.08. The summed E-state index contributed by atoms with van der Waals surface area (Å²) in [5, 5.41) is 9.27. The van der Waals surface area contributed by atoms with Gasteiger partial charge < -0.3 is 10.1 Å². The molecule has 2 aromatic heterocycles. The fourth-order valence-electron chi connectivity index (χ4n) is 2.19. The molecule has 7 heteroatoms. The molecule has 0 atom stereocenters. The van der Waals surface area contributed by atoms with Crippen molar-refractivity contribution in [3.63, 3.8) is 0 Å². The SMILES string of the molecule is Cl.O=C(O)c1ccc(CCc2cc3ncnc(Cl)c3[nH]2)cc1. The van der Waals surface area contributed by atoms with Gasteiger partial charge in [0.15, 0.2) is 5.15 Å². The average Bonchev–Trinajstić information content (AvgIpc) is 2.90. The second kappa shape index (κ2) is 6.77. The van der Waals surface area contributed by atoms with E-state index in [1.807, 2.05) is 18.2 Å². The maximum absolute atomic E-state index is 10.8. The minimum atomic E-state index is -0.912. The number of hydrogen-bond donors (Lipinski definition) is 2. The first-order chi connectivity index (χ1) is 10.1. The molecule has 0 fully saturated rings. The number of fused-ring (bicyclic) bond motifs is 1. The summed E-state index contributed by atoms with van der Waals surface area (Å²) in [7, 11) is 0. The minimum Gasteiger partial charge on any atom is -0.478 e. The van der Waals surface area contributed by atoms with E-state index in [1.165, 1.54) is 6.33 Å². The van der Waals surface area contributed by atoms with Crippen LogP contribution in [0.3, 0.4) is 0 Å². The van der Waals surface area contributed by atoms with Crippen molar-refractivity contribution in [2.24, 2.45) is 0 Å². The van der Waals surface area contributed by atoms with Gasteiger partial charge in [0.05, 0.1) is 11.1 Å². The summed E-state index contributed by atoms with van der Waals surface area (Å²) in [5.41, 5.74) is 3.94. The number of aromatic carboxylic acids is 1. The summed E-state index contributed by atoms with van der Waals surface area (Å²) >= 11 is 6.00. The molecule has 3 aromatic rings. The highest BCUT2D eigenvalue weighted by Crippen LogP contribution is 2.20. The van der Waals surface area contributed by atoms with E-state index in [-0.39, 0.29) is 12.4 Å². The maximum atomic E-state index is 10.8. The van der Waals surface area contributed by atoms with Crippen molar-refractivity contribution < 1.29 is 9.90 Å². The van der Waals surface area contributed by atoms with Crippen LogP contribution in [0.5, 0.6) is 0 Å². The molecule has 0 spiro atoms. The molecule has 0 saturated carbocycles. The van der Waals surface area contributed by atoms with E-state index in [2.05, 4.69) is 15.0 Å². The summed E-state index contributed by atoms with van der Waals surface area (Å²) in [6.45, 7) is 0. The van der Waals surface area contributed by atoms with Gasteiger partial charge in [-0.15, -0.1) is 12.4 Å². The molecule has 0 amide bonds. The molecule has 1 aromatic carbocycles. The van der Waals surface area contributed by atoms with Crippen molar-refractivity contribution in [3.8, 4) is 0 Å². The molecule has 0 unspecified atom stereocenters. The van der Waals surface area contributed by atoms with Gasteiger partial charge in [-0.25, -0.2) is 14.8 Å². The van der Waals surface area contributed by atoms with Gasteiger partial charge in [0, 0.05) is 5.69 Å². The highest BCUT2D eigenvalue weighted by atomic mass is 35.5. The lowest BCUT2D eigenvalue weighted by atomic mass is 10.1. The number of benzene rings is 1. The maximum Gasteiger partial charge on any atom is 0.335 e. The van der Waals surface area contributed by atoms with Gasteiger partial charge in [0.25, 0.3) is 0 Å². The summed E-state index contributed by atoms with van der Waals surface area (Å²) in [4.78, 5) is 22.1. The quantitative estimate of drug-likeness (QED) is 0.714. The highest BCUT2D eigenvalue weighted by molar-refractivity contribution is 6.33. The molecule has 5 nitrogen and oxygen atoms in total. The molecule has 3 rings (SSSR count). The van der Waals surface area contributed by atoms with Gasteiger partial charge in [-0.1, -0.05) is 23.7 Å². The van der Waals surface area contributed by atoms with Gasteiger partial charge in [0.2, 0.25) is 0 Å². The largest absolute Gasteiger partial charge is 0.478 e. The molecule has 2 heterocycles. The Hall–Kier alpha value is -2.11. The van der Waals surface area contributed by atoms with Gasteiger partial charge in [0.1, 0.15) is 11.8 Å². The number of hydrogen-bond acceptors (Lipinski definition) is 3. The van der Waals surface area contributed by atoms with Gasteiger partial charge in [-0.2, -0.15) is 0 Å². The molecule has 22 heavy (non-hydrogen) atoms. The van der Waals surface area contributed by atoms with Crippen molar-refractivity contribution in [2.45, 2.75) is 12.8 Å². The zero-order chi connectivity index (χ0) is 14.8. The number of aromatic amines is 1. The van der Waals surface area contributed by atoms with Crippen LogP contribution in [-0.2, 0) is 12.8 Å². The summed E-state index contributed by atoms with van der Waals surface area (Å²) in [6.07, 6.45) is 3.03. The molecular weight excluding hydrogens is 325 g/mol. The van der Waals surface area contributed by atoms with Crippen LogP contribution in [0.15, 0.2) is 36.7 Å². The van der Waals surface area contributed by atoms with Crippen LogP contribution in [0.4, 0.5) is 0 Å². The van der Waals surface area contributed by atoms with Gasteiger partial charge in [-0.05, 0) is 36.6 Å². The number of halogens is 2. The molecule has 2 N–H and O–H groups in total. The zero-order valence-corrected chi connectivity index (χ0v) is 13.0. The van der Waals surface area contributed by atoms with Crippen LogP contribution in [0.2, 0.25) is 5.15 Å². The molecule has 0 aliphatic carbocycles. The number of nitrogens with one attached hydrogen (secondary N) is 1. The standard InChI is InChI=1S/C15H12ClN3O2.ClH/c16-14-13-12(17-8-18-14)7-11(19-13)6-3-9-1-4-10(5-2-9)15(20)21;/h1-2,4-5,7-8,19H,3,6H2,(H,20,21);1H. The third-order valence-electron chi connectivity index (χ3n) is 3.31. The van der Waals surface area contributed by atoms with Crippen molar-refractivity contribution in [1.29, 1.82) is 0 Å². The number of aryl methyl sites for hydroxylation is 2. The first-order valence-electron chi connectivity index (χ1n) is 6.44. The summed E-state index contributed by atoms with van der Waals surface area (Å²) in [5.74, 6) is -0.912. The van der Waals surface area contributed by atoms with E-state index in [0.29, 0.717) is 10.7 Å². The Bertz CT molecular complexity index is 800. The van der Waals surface area contributed by atoms with Crippen molar-refractivity contribution >= 4 is 41.0 Å². The van der Waals surface area contributed by atoms with E-state index < -0.39 is 5.97 Å². The minimum absolute atomic E-state index is 0. The number of carboxylic acid groups (broad SMARTS) is 1. The third kappa shape index (κ3) is 3.37. The molecule has 0 aliphatic rings. The van der Waals surface area contributed by atoms with E-state index in [0.717, 1.165) is 35.1 Å². The van der Waals surface area contributed by atoms with Crippen LogP contribution < -0.4 is 0 Å². The van der Waals surface area contributed by atoms with E-state index in [1.54, 1.807) is 12.1 Å². The number of H-pyrrole nitrogens is 1. The van der Waals surface area contributed by atoms with Gasteiger partial charge in [-0.3, -0.25) is 0 Å². The second-order valence-electron chi connectivity index (χ2n) is 4.72. The number of carboxylic acids is 1. The molecule has 0 aliphatic heterocycles. The molecular formula is C15H13Cl2N3O2. The van der Waals surface area contributed by atoms with E-state index in [4.69, 9.17) is 16.7 Å². The normalized spacial score (nSPS) is 10.4. The van der Waals surface area contributed by atoms with Crippen molar-refractivity contribution in [2.75, 3.05) is 0 Å². The zero-order valence-electron chi connectivity index (χ0n) is 11.4. The first kappa shape index (κ1) is 16.3. The predicted octanol–water partition coefficient (Wildman–Crippen LogP) is 3.52. The third-order valence-corrected chi connectivity index (χ3v) is 3.60. The molecule has 114 valence electrons. The van der Waals surface area contributed by atoms with E-state index in [9.17, 15) is 4.79 Å². The van der Waals surface area contributed by atoms with Crippen molar-refractivity contribution in [1.82, 2.24) is 15.0 Å². The molecule has 0 radical (unpaired) electrons. The average molecular weight is 338 g/mol. The summed E-state index contributed by atoms with van der Waals surface area (Å²) in [6, 6.07) is 8.85. The number of rotatable bonds is 4. The Morgan fingerprint density at radius 3 is 2.55 bits per heavy atom. The Labute approximate surface area is 137 Å². The topological polar surface area (TPSA) is 78.9 Å². The first-order valence-corrected chi connectivity index (χ1v) is 6.81. The van der Waals surface area contributed by atoms with Crippen LogP contribution in [-0.4, -0.2) is 26.0 Å². The smallest absolute Gasteiger partial charge is 0.335 e. The highest BCUT2D eigenvalue weighted by Gasteiger charge is 2.07. The van der Waals surface area contributed by atoms with Gasteiger partial charge >= 0.3 is 5.97 Å². The van der Waals surface area contributed by atoms with Crippen LogP contribution >= 0.6 is 24.0 Å². The monoisotopic (exact) mass is 337 g/mol. The van der Waals surface area contributed by atoms with Crippen molar-refractivity contribution in [3.05, 3.63) is 58.6 Å². The van der Waals surface area contributed by atoms with Crippen LogP contribution in [0.25, 0.3) is 11.0 Å². The predicted molar refractivity (Wildman–Crippen MR) is 87.0 cm³/mol. The Balaban J connectivity index is 0.00000176. The Morgan fingerprint density at radius 1 is 1.18 bits per heavy atom. The lowest BCUT2D eigenvalue weighted by Gasteiger charge is -2.01. The fourth-order valence-corrected chi connectivity index (χ4v) is 2.38. The van der Waals surface area contributed by atoms with E-state index >= 15 is 0 Å². The number of nitrogens with zero attached hydrogens (tertiary/aromatic N) is 2. The van der Waals surface area contributed by atoms with Crippen LogP contribution in [0.1, 0.15) is 21.6 Å². The number of aromatic nitrogens is 3. The number of carbonyl (C=O) groups is 1. The molecule has 0 bridgehead atoms. The lowest BCUT2D eigenvalue weighted by molar-refractivity contribution is 0.0697.